The van der Waals surface area contributed by atoms with E-state index in [1.807, 2.05) is 27.1 Å². The first-order valence-corrected chi connectivity index (χ1v) is 7.49. The van der Waals surface area contributed by atoms with Crippen LogP contribution in [0.15, 0.2) is 48.1 Å². The Morgan fingerprint density at radius 1 is 1.26 bits per heavy atom. The van der Waals surface area contributed by atoms with Crippen molar-refractivity contribution in [2.75, 3.05) is 26.1 Å². The van der Waals surface area contributed by atoms with Crippen molar-refractivity contribution in [2.45, 2.75) is 20.0 Å². The van der Waals surface area contributed by atoms with Gasteiger partial charge in [0.2, 0.25) is 0 Å². The number of nitrogens with one attached hydrogen (secondary N) is 1. The lowest BCUT2D eigenvalue weighted by Gasteiger charge is -2.22. The summed E-state index contributed by atoms with van der Waals surface area (Å²) in [5.74, 6) is -0.417. The molecule has 2 atom stereocenters. The number of anilines is 1. The van der Waals surface area contributed by atoms with E-state index in [0.29, 0.717) is 0 Å². The van der Waals surface area contributed by atoms with Crippen molar-refractivity contribution in [3.63, 3.8) is 0 Å². The van der Waals surface area contributed by atoms with Gasteiger partial charge in [0, 0.05) is 38.9 Å². The third kappa shape index (κ3) is 5.88. The van der Waals surface area contributed by atoms with Gasteiger partial charge in [-0.15, -0.1) is 0 Å². The summed E-state index contributed by atoms with van der Waals surface area (Å²) in [4.78, 5) is 13.0. The molecule has 0 aliphatic carbocycles. The maximum atomic E-state index is 11.0. The summed E-state index contributed by atoms with van der Waals surface area (Å²) < 4.78 is 5.64. The maximum Gasteiger partial charge on any atom is 0.267 e. The fourth-order valence-electron chi connectivity index (χ4n) is 2.42. The number of methoxy groups -OCH3 is 1. The first-order chi connectivity index (χ1) is 10.9. The van der Waals surface area contributed by atoms with Gasteiger partial charge in [-0.1, -0.05) is 36.8 Å². The normalized spacial score (nSPS) is 14.6. The topological polar surface area (TPSA) is 61.8 Å². The van der Waals surface area contributed by atoms with Gasteiger partial charge in [0.25, 0.3) is 5.91 Å². The molecular formula is C18H26N2O3. The molecule has 0 fully saturated rings. The fraction of sp³-hybridized carbons (Fsp3) is 0.389. The lowest BCUT2D eigenvalue weighted by atomic mass is 9.95. The van der Waals surface area contributed by atoms with Crippen LogP contribution < -0.4 is 10.4 Å². The summed E-state index contributed by atoms with van der Waals surface area (Å²) in [5, 5.41) is 8.47. The number of hydroxylamine groups is 1. The van der Waals surface area contributed by atoms with Crippen LogP contribution in [0.4, 0.5) is 5.69 Å². The molecule has 0 aliphatic heterocycles. The predicted octanol–water partition coefficient (Wildman–Crippen LogP) is 3.08. The molecule has 0 bridgehead atoms. The zero-order chi connectivity index (χ0) is 17.4. The highest BCUT2D eigenvalue weighted by molar-refractivity contribution is 5.86. The summed E-state index contributed by atoms with van der Waals surface area (Å²) in [6.07, 6.45) is 4.91. The molecule has 1 aromatic rings. The van der Waals surface area contributed by atoms with Crippen molar-refractivity contribution in [1.29, 1.82) is 0 Å². The average Bonchev–Trinajstić information content (AvgIpc) is 2.53. The average molecular weight is 318 g/mol. The molecule has 0 spiro atoms. The second kappa shape index (κ2) is 9.12. The minimum atomic E-state index is -0.548. The number of carbonyl (C=O) groups excluding carboxylic acids is 1. The standard InChI is InChI=1S/C18H26N2O3/c1-13(6-11-17(21)19-22)12-14(2)18(23-5)15-7-9-16(10-8-15)20(3)4/h6-12,14,18,22H,1-5H3,(H,19,21)/b11-6+,13-12+. The minimum Gasteiger partial charge on any atom is -0.378 e. The first-order valence-electron chi connectivity index (χ1n) is 7.49. The molecule has 1 amide bonds. The molecule has 2 unspecified atom stereocenters. The highest BCUT2D eigenvalue weighted by atomic mass is 16.5. The van der Waals surface area contributed by atoms with Crippen molar-refractivity contribution in [2.24, 2.45) is 5.92 Å². The molecule has 0 heterocycles. The second-order valence-corrected chi connectivity index (χ2v) is 5.72. The number of rotatable bonds is 7. The molecule has 5 nitrogen and oxygen atoms in total. The third-order valence-electron chi connectivity index (χ3n) is 3.60. The highest BCUT2D eigenvalue weighted by Crippen LogP contribution is 2.28. The fourth-order valence-corrected chi connectivity index (χ4v) is 2.42. The molecular weight excluding hydrogens is 292 g/mol. The zero-order valence-corrected chi connectivity index (χ0v) is 14.4. The van der Waals surface area contributed by atoms with Gasteiger partial charge in [0.15, 0.2) is 0 Å². The monoisotopic (exact) mass is 318 g/mol. The molecule has 0 aliphatic rings. The van der Waals surface area contributed by atoms with Crippen LogP contribution in [-0.2, 0) is 9.53 Å². The molecule has 0 saturated heterocycles. The predicted molar refractivity (Wildman–Crippen MR) is 92.5 cm³/mol. The number of allylic oxidation sites excluding steroid dienone is 2. The van der Waals surface area contributed by atoms with Crippen LogP contribution in [0.3, 0.4) is 0 Å². The number of hydrogen-bond donors (Lipinski definition) is 2. The van der Waals surface area contributed by atoms with Gasteiger partial charge in [-0.3, -0.25) is 10.0 Å². The summed E-state index contributed by atoms with van der Waals surface area (Å²) in [6.45, 7) is 3.97. The van der Waals surface area contributed by atoms with E-state index in [2.05, 4.69) is 36.1 Å². The molecule has 126 valence electrons. The van der Waals surface area contributed by atoms with Crippen molar-refractivity contribution < 1.29 is 14.7 Å². The number of ether oxygens (including phenoxy) is 1. The van der Waals surface area contributed by atoms with Crippen molar-refractivity contribution in [3.05, 3.63) is 53.6 Å². The largest absolute Gasteiger partial charge is 0.378 e. The van der Waals surface area contributed by atoms with E-state index in [0.717, 1.165) is 16.8 Å². The number of hydrogen-bond acceptors (Lipinski definition) is 4. The number of benzene rings is 1. The summed E-state index contributed by atoms with van der Waals surface area (Å²) >= 11 is 0. The van der Waals surface area contributed by atoms with E-state index in [4.69, 9.17) is 9.94 Å². The van der Waals surface area contributed by atoms with E-state index in [1.54, 1.807) is 18.7 Å². The van der Waals surface area contributed by atoms with E-state index in [9.17, 15) is 4.79 Å². The van der Waals surface area contributed by atoms with Gasteiger partial charge in [-0.2, -0.15) is 0 Å². The van der Waals surface area contributed by atoms with Crippen LogP contribution in [0.25, 0.3) is 0 Å². The van der Waals surface area contributed by atoms with Gasteiger partial charge in [-0.05, 0) is 24.6 Å². The van der Waals surface area contributed by atoms with Crippen LogP contribution >= 0.6 is 0 Å². The SMILES string of the molecule is COC(c1ccc(N(C)C)cc1)C(C)/C=C(C)/C=C/C(=O)NO. The van der Waals surface area contributed by atoms with Gasteiger partial charge < -0.3 is 9.64 Å². The summed E-state index contributed by atoms with van der Waals surface area (Å²) in [7, 11) is 5.71. The number of nitrogens with zero attached hydrogens (tertiary/aromatic N) is 1. The maximum absolute atomic E-state index is 11.0. The molecule has 1 aromatic carbocycles. The molecule has 0 aromatic heterocycles. The molecule has 0 radical (unpaired) electrons. The molecule has 2 N–H and O–H groups in total. The van der Waals surface area contributed by atoms with Crippen molar-refractivity contribution in [3.8, 4) is 0 Å². The molecule has 23 heavy (non-hydrogen) atoms. The Kier molecular flexibility index (Phi) is 7.51. The Morgan fingerprint density at radius 2 is 1.87 bits per heavy atom. The summed E-state index contributed by atoms with van der Waals surface area (Å²) in [5.41, 5.74) is 4.73. The molecule has 5 heteroatoms. The Balaban J connectivity index is 2.87. The van der Waals surface area contributed by atoms with Gasteiger partial charge >= 0.3 is 0 Å². The van der Waals surface area contributed by atoms with Crippen LogP contribution in [0.1, 0.15) is 25.5 Å². The van der Waals surface area contributed by atoms with Crippen LogP contribution in [0.2, 0.25) is 0 Å². The molecule has 1 rings (SSSR count). The van der Waals surface area contributed by atoms with Gasteiger partial charge in [0.05, 0.1) is 6.10 Å². The zero-order valence-electron chi connectivity index (χ0n) is 14.4. The number of carbonyl (C=O) groups is 1. The quantitative estimate of drug-likeness (QED) is 0.351. The van der Waals surface area contributed by atoms with Crippen LogP contribution in [0.5, 0.6) is 0 Å². The Labute approximate surface area is 138 Å². The minimum absolute atomic E-state index is 0.0683. The highest BCUT2D eigenvalue weighted by Gasteiger charge is 2.17. The Morgan fingerprint density at radius 3 is 2.35 bits per heavy atom. The smallest absolute Gasteiger partial charge is 0.267 e. The van der Waals surface area contributed by atoms with Gasteiger partial charge in [-0.25, -0.2) is 5.48 Å². The van der Waals surface area contributed by atoms with E-state index < -0.39 is 5.91 Å². The number of amides is 1. The van der Waals surface area contributed by atoms with Crippen molar-refractivity contribution in [1.82, 2.24) is 5.48 Å². The second-order valence-electron chi connectivity index (χ2n) is 5.72. The first kappa shape index (κ1) is 18.9. The third-order valence-corrected chi connectivity index (χ3v) is 3.60. The van der Waals surface area contributed by atoms with E-state index in [1.165, 1.54) is 6.08 Å². The molecule has 0 saturated carbocycles. The van der Waals surface area contributed by atoms with Crippen molar-refractivity contribution >= 4 is 11.6 Å². The van der Waals surface area contributed by atoms with Crippen LogP contribution in [-0.4, -0.2) is 32.3 Å². The van der Waals surface area contributed by atoms with E-state index >= 15 is 0 Å². The van der Waals surface area contributed by atoms with Gasteiger partial charge in [0.1, 0.15) is 0 Å². The summed E-state index contributed by atoms with van der Waals surface area (Å²) in [6, 6.07) is 8.27. The Bertz CT molecular complexity index is 562. The van der Waals surface area contributed by atoms with Crippen LogP contribution in [0, 0.1) is 5.92 Å². The lowest BCUT2D eigenvalue weighted by molar-refractivity contribution is -0.124. The Hall–Kier alpha value is -2.11. The lowest BCUT2D eigenvalue weighted by Crippen LogP contribution is -2.15. The van der Waals surface area contributed by atoms with E-state index in [-0.39, 0.29) is 12.0 Å².